The Kier molecular flexibility index (Phi) is 3.96. The van der Waals surface area contributed by atoms with Gasteiger partial charge in [0.15, 0.2) is 11.5 Å². The van der Waals surface area contributed by atoms with E-state index in [2.05, 4.69) is 0 Å². The Hall–Kier alpha value is -3.51. The first-order valence-electron chi connectivity index (χ1n) is 9.01. The smallest absolute Gasteiger partial charge is 0.221 e. The van der Waals surface area contributed by atoms with Gasteiger partial charge in [-0.05, 0) is 41.5 Å². The van der Waals surface area contributed by atoms with Crippen LogP contribution in [0, 0.1) is 0 Å². The summed E-state index contributed by atoms with van der Waals surface area (Å²) < 4.78 is 12.3. The molecule has 2 aromatic heterocycles. The zero-order valence-electron chi connectivity index (χ0n) is 15.8. The number of aromatic nitrogens is 1. The molecule has 1 N–H and O–H groups in total. The van der Waals surface area contributed by atoms with Crippen LogP contribution in [0.3, 0.4) is 0 Å². The van der Waals surface area contributed by atoms with Gasteiger partial charge >= 0.3 is 0 Å². The van der Waals surface area contributed by atoms with Crippen LogP contribution >= 0.6 is 11.3 Å². The summed E-state index contributed by atoms with van der Waals surface area (Å²) in [6.45, 7) is 0. The molecule has 29 heavy (non-hydrogen) atoms. The number of ether oxygens (including phenoxy) is 2. The van der Waals surface area contributed by atoms with Crippen molar-refractivity contribution in [3.05, 3.63) is 70.7 Å². The Morgan fingerprint density at radius 2 is 1.69 bits per heavy atom. The average Bonchev–Trinajstić information content (AvgIpc) is 3.42. The van der Waals surface area contributed by atoms with Crippen LogP contribution in [-0.2, 0) is 0 Å². The van der Waals surface area contributed by atoms with Crippen molar-refractivity contribution < 1.29 is 19.4 Å². The highest BCUT2D eigenvalue weighted by Gasteiger charge is 2.32. The second kappa shape index (κ2) is 6.53. The largest absolute Gasteiger partial charge is 0.504 e. The number of ketones is 1. The zero-order valence-corrected chi connectivity index (χ0v) is 16.6. The molecular formula is C23H17NO4S. The molecule has 0 aliphatic carbocycles. The molecular weight excluding hydrogens is 386 g/mol. The summed E-state index contributed by atoms with van der Waals surface area (Å²) in [7, 11) is 3.15. The van der Waals surface area contributed by atoms with Crippen molar-refractivity contribution in [2.45, 2.75) is 0 Å². The summed E-state index contributed by atoms with van der Waals surface area (Å²) in [5.74, 6) is 1.30. The Morgan fingerprint density at radius 1 is 0.931 bits per heavy atom. The number of nitrogens with zero attached hydrogens (tertiary/aromatic N) is 1. The topological polar surface area (TPSA) is 60.7 Å². The first kappa shape index (κ1) is 17.6. The molecule has 0 radical (unpaired) electrons. The van der Waals surface area contributed by atoms with Crippen LogP contribution in [0.2, 0.25) is 0 Å². The Labute approximate surface area is 171 Å². The van der Waals surface area contributed by atoms with Crippen LogP contribution in [0.5, 0.6) is 17.2 Å². The number of carbonyl (C=O) groups excluding carboxylic acids is 1. The van der Waals surface area contributed by atoms with Gasteiger partial charge in [-0.3, -0.25) is 4.79 Å². The highest BCUT2D eigenvalue weighted by atomic mass is 32.1. The molecule has 0 bridgehead atoms. The molecule has 0 saturated carbocycles. The van der Waals surface area contributed by atoms with E-state index in [1.807, 2.05) is 52.5 Å². The summed E-state index contributed by atoms with van der Waals surface area (Å²) in [6.07, 6.45) is 1.99. The first-order chi connectivity index (χ1) is 14.1. The lowest BCUT2D eigenvalue weighted by molar-refractivity contribution is 0.104. The van der Waals surface area contributed by atoms with Gasteiger partial charge in [0.2, 0.25) is 5.78 Å². The minimum absolute atomic E-state index is 0.0220. The van der Waals surface area contributed by atoms with E-state index >= 15 is 0 Å². The molecule has 144 valence electrons. The van der Waals surface area contributed by atoms with Crippen molar-refractivity contribution in [2.75, 3.05) is 14.2 Å². The number of phenols is 1. The number of hydrogen-bond acceptors (Lipinski definition) is 5. The number of methoxy groups -OCH3 is 2. The predicted octanol–water partition coefficient (Wildman–Crippen LogP) is 5.14. The van der Waals surface area contributed by atoms with Gasteiger partial charge in [-0.2, -0.15) is 0 Å². The summed E-state index contributed by atoms with van der Waals surface area (Å²) in [4.78, 5) is 13.7. The standard InChI is InChI=1S/C23H17NO4S/c1-27-16-6-3-13(4-7-16)15-9-18-22(26)23-21(24(18)11-15)17(12-29-23)14-5-8-20(28-2)19(25)10-14/h3-12,25H,1-2H3. The maximum Gasteiger partial charge on any atom is 0.221 e. The highest BCUT2D eigenvalue weighted by Crippen LogP contribution is 2.44. The predicted molar refractivity (Wildman–Crippen MR) is 113 cm³/mol. The lowest BCUT2D eigenvalue weighted by Gasteiger charge is -2.08. The quantitative estimate of drug-likeness (QED) is 0.451. The lowest BCUT2D eigenvalue weighted by atomic mass is 10.1. The number of aromatic hydroxyl groups is 1. The minimum atomic E-state index is 0.0220. The van der Waals surface area contributed by atoms with E-state index in [-0.39, 0.29) is 11.5 Å². The van der Waals surface area contributed by atoms with Gasteiger partial charge in [-0.25, -0.2) is 0 Å². The van der Waals surface area contributed by atoms with Gasteiger partial charge in [-0.15, -0.1) is 11.3 Å². The molecule has 1 aliphatic rings. The number of carbonyl (C=O) groups is 1. The van der Waals surface area contributed by atoms with E-state index in [1.165, 1.54) is 18.4 Å². The Bertz CT molecular complexity index is 1250. The fourth-order valence-electron chi connectivity index (χ4n) is 3.69. The van der Waals surface area contributed by atoms with Crippen LogP contribution in [0.15, 0.2) is 60.1 Å². The van der Waals surface area contributed by atoms with Gasteiger partial charge in [0.05, 0.1) is 25.6 Å². The second-order valence-corrected chi connectivity index (χ2v) is 7.64. The molecule has 0 saturated heterocycles. The third kappa shape index (κ3) is 2.64. The monoisotopic (exact) mass is 403 g/mol. The molecule has 0 unspecified atom stereocenters. The van der Waals surface area contributed by atoms with Gasteiger partial charge in [0.1, 0.15) is 10.6 Å². The molecule has 6 heteroatoms. The van der Waals surface area contributed by atoms with Crippen molar-refractivity contribution in [1.29, 1.82) is 0 Å². The molecule has 3 heterocycles. The molecule has 0 amide bonds. The minimum Gasteiger partial charge on any atom is -0.504 e. The van der Waals surface area contributed by atoms with Crippen molar-refractivity contribution in [3.8, 4) is 45.2 Å². The van der Waals surface area contributed by atoms with Crippen LogP contribution in [0.1, 0.15) is 15.4 Å². The van der Waals surface area contributed by atoms with Crippen LogP contribution in [-0.4, -0.2) is 29.7 Å². The van der Waals surface area contributed by atoms with Crippen LogP contribution in [0.25, 0.3) is 27.9 Å². The SMILES string of the molecule is COc1ccc(-c2cc3n(c2)-c2c(-c4ccc(OC)c(O)c4)csc2C3=O)cc1. The fourth-order valence-corrected chi connectivity index (χ4v) is 4.71. The lowest BCUT2D eigenvalue weighted by Crippen LogP contribution is -1.94. The summed E-state index contributed by atoms with van der Waals surface area (Å²) in [5, 5.41) is 12.1. The number of rotatable bonds is 4. The van der Waals surface area contributed by atoms with Crippen molar-refractivity contribution in [2.24, 2.45) is 0 Å². The number of fused-ring (bicyclic) bond motifs is 3. The summed E-state index contributed by atoms with van der Waals surface area (Å²) >= 11 is 1.43. The average molecular weight is 403 g/mol. The number of hydrogen-bond donors (Lipinski definition) is 1. The van der Waals surface area contributed by atoms with E-state index in [4.69, 9.17) is 9.47 Å². The second-order valence-electron chi connectivity index (χ2n) is 6.76. The van der Waals surface area contributed by atoms with Gasteiger partial charge in [0, 0.05) is 22.7 Å². The van der Waals surface area contributed by atoms with E-state index in [0.717, 1.165) is 33.7 Å². The van der Waals surface area contributed by atoms with E-state index in [1.54, 1.807) is 19.2 Å². The van der Waals surface area contributed by atoms with E-state index < -0.39 is 0 Å². The van der Waals surface area contributed by atoms with Crippen LogP contribution < -0.4 is 9.47 Å². The Morgan fingerprint density at radius 3 is 2.38 bits per heavy atom. The van der Waals surface area contributed by atoms with E-state index in [9.17, 15) is 9.90 Å². The molecule has 0 atom stereocenters. The molecule has 0 spiro atoms. The summed E-state index contributed by atoms with van der Waals surface area (Å²) in [5.41, 5.74) is 5.24. The maximum atomic E-state index is 12.9. The van der Waals surface area contributed by atoms with Crippen molar-refractivity contribution in [3.63, 3.8) is 0 Å². The third-order valence-corrected chi connectivity index (χ3v) is 6.15. The molecule has 5 nitrogen and oxygen atoms in total. The summed E-state index contributed by atoms with van der Waals surface area (Å²) in [6, 6.07) is 15.0. The molecule has 0 fully saturated rings. The molecule has 2 aromatic carbocycles. The van der Waals surface area contributed by atoms with E-state index in [0.29, 0.717) is 16.3 Å². The maximum absolute atomic E-state index is 12.9. The molecule has 5 rings (SSSR count). The normalized spacial score (nSPS) is 12.0. The van der Waals surface area contributed by atoms with Crippen molar-refractivity contribution >= 4 is 17.1 Å². The fraction of sp³-hybridized carbons (Fsp3) is 0.0870. The van der Waals surface area contributed by atoms with Gasteiger partial charge < -0.3 is 19.1 Å². The Balaban J connectivity index is 1.61. The van der Waals surface area contributed by atoms with Gasteiger partial charge in [0.25, 0.3) is 0 Å². The van der Waals surface area contributed by atoms with Gasteiger partial charge in [-0.1, -0.05) is 18.2 Å². The number of thiophene rings is 1. The first-order valence-corrected chi connectivity index (χ1v) is 9.89. The molecule has 4 aromatic rings. The third-order valence-electron chi connectivity index (χ3n) is 5.18. The number of benzene rings is 2. The molecule has 1 aliphatic heterocycles. The van der Waals surface area contributed by atoms with Crippen molar-refractivity contribution in [1.82, 2.24) is 4.57 Å². The van der Waals surface area contributed by atoms with Crippen LogP contribution in [0.4, 0.5) is 0 Å². The number of phenolic OH excluding ortho intramolecular Hbond substituents is 1. The zero-order chi connectivity index (χ0) is 20.1. The highest BCUT2D eigenvalue weighted by molar-refractivity contribution is 7.13.